The minimum Gasteiger partial charge on any atom is -0.481 e. The molecule has 28 nitrogen and oxygen atoms in total. The van der Waals surface area contributed by atoms with Crippen LogP contribution in [-0.4, -0.2) is 215 Å². The van der Waals surface area contributed by atoms with Gasteiger partial charge in [-0.05, 0) is 90.0 Å². The number of rotatable bonds is 33. The number of amides is 8. The fourth-order valence-electron chi connectivity index (χ4n) is 10.5. The van der Waals surface area contributed by atoms with Crippen LogP contribution >= 0.6 is 18.9 Å². The molecule has 0 aliphatic carbocycles. The van der Waals surface area contributed by atoms with Crippen molar-refractivity contribution in [3.8, 4) is 5.75 Å². The molecule has 1 aromatic carbocycles. The average Bonchev–Trinajstić information content (AvgIpc) is 2.35. The highest BCUT2D eigenvalue weighted by Crippen LogP contribution is 2.54. The SMILES string of the molecule is CC[C@H](C)[C@@H](NC(=O)[C@@H]1CCCCN1C)C(=O)N(C)[C@H](C[C@@H](OC(C)=O)c1nc(C(=O)N[C@@H](Cc2ccc(OS(=O)(=O)O)c(NC(=O)CCN(C)P(=O)(N(C)CCN3C(=O)C=CC3=O)N(C)CCN3C(=O)C=CC3=O)c2)CC(C)C(=O)O)cs1)C(C)C. The topological polar surface area (TPSA) is 352 Å². The zero-order valence-electron chi connectivity index (χ0n) is 51.0. The van der Waals surface area contributed by atoms with Gasteiger partial charge in [-0.2, -0.15) is 8.42 Å². The first-order valence-electron chi connectivity index (χ1n) is 28.6. The monoisotopic (exact) mass is 1280 g/mol. The molecule has 1 fully saturated rings. The molecule has 480 valence electrons. The van der Waals surface area contributed by atoms with Gasteiger partial charge in [-0.3, -0.25) is 71.8 Å². The van der Waals surface area contributed by atoms with Gasteiger partial charge < -0.3 is 34.9 Å². The number of hydrogen-bond donors (Lipinski definition) is 5. The minimum atomic E-state index is -5.19. The highest BCUT2D eigenvalue weighted by Gasteiger charge is 2.41. The molecule has 2 aromatic rings. The second kappa shape index (κ2) is 31.4. The lowest BCUT2D eigenvalue weighted by Gasteiger charge is -2.41. The first kappa shape index (κ1) is 71.0. The van der Waals surface area contributed by atoms with Crippen LogP contribution in [0.4, 0.5) is 5.69 Å². The van der Waals surface area contributed by atoms with E-state index in [0.717, 1.165) is 70.9 Å². The molecule has 0 saturated carbocycles. The van der Waals surface area contributed by atoms with Crippen molar-refractivity contribution in [2.24, 2.45) is 17.8 Å². The zero-order chi connectivity index (χ0) is 64.8. The number of thiazole rings is 1. The third kappa shape index (κ3) is 19.4. The summed E-state index contributed by atoms with van der Waals surface area (Å²) in [5.74, 6) is -8.16. The molecule has 87 heavy (non-hydrogen) atoms. The lowest BCUT2D eigenvalue weighted by molar-refractivity contribution is -0.149. The molecular formula is C56H82N11O17PS2. The fraction of sp³-hybridized carbons (Fsp3) is 0.589. The number of ether oxygens (including phenoxy) is 1. The van der Waals surface area contributed by atoms with Crippen LogP contribution in [0.15, 0.2) is 47.9 Å². The third-order valence-electron chi connectivity index (χ3n) is 15.7. The van der Waals surface area contributed by atoms with Crippen molar-refractivity contribution in [2.75, 3.05) is 79.8 Å². The number of benzene rings is 1. The van der Waals surface area contributed by atoms with E-state index in [2.05, 4.69) is 20.9 Å². The van der Waals surface area contributed by atoms with Gasteiger partial charge in [0.15, 0.2) is 11.9 Å². The number of carbonyl (C=O) groups is 10. The van der Waals surface area contributed by atoms with Crippen LogP contribution in [0.25, 0.3) is 0 Å². The molecule has 3 aliphatic rings. The number of carbonyl (C=O) groups excluding carboxylic acids is 9. The summed E-state index contributed by atoms with van der Waals surface area (Å²) in [6.07, 6.45) is 5.87. The summed E-state index contributed by atoms with van der Waals surface area (Å²) in [6.45, 7) is 10.2. The van der Waals surface area contributed by atoms with Gasteiger partial charge in [0.1, 0.15) is 16.7 Å². The maximum absolute atomic E-state index is 15.2. The molecule has 1 aromatic heterocycles. The minimum absolute atomic E-state index is 0.0678. The number of imide groups is 2. The molecule has 3 aliphatic heterocycles. The lowest BCUT2D eigenvalue weighted by atomic mass is 9.92. The van der Waals surface area contributed by atoms with E-state index in [1.807, 2.05) is 39.6 Å². The highest BCUT2D eigenvalue weighted by molar-refractivity contribution is 7.81. The Kier molecular flexibility index (Phi) is 25.6. The van der Waals surface area contributed by atoms with Crippen molar-refractivity contribution in [3.05, 3.63) is 64.1 Å². The van der Waals surface area contributed by atoms with Crippen molar-refractivity contribution in [1.82, 2.24) is 49.2 Å². The predicted molar refractivity (Wildman–Crippen MR) is 320 cm³/mol. The van der Waals surface area contributed by atoms with Gasteiger partial charge in [0, 0.05) is 101 Å². The van der Waals surface area contributed by atoms with E-state index >= 15 is 4.57 Å². The maximum atomic E-state index is 15.2. The molecule has 5 rings (SSSR count). The van der Waals surface area contributed by atoms with Gasteiger partial charge in [-0.15, -0.1) is 11.3 Å². The summed E-state index contributed by atoms with van der Waals surface area (Å²) < 4.78 is 63.7. The number of carboxylic acid groups (broad SMARTS) is 1. The molecule has 31 heteroatoms. The second-order valence-corrected chi connectivity index (χ2v) is 27.5. The van der Waals surface area contributed by atoms with Gasteiger partial charge in [0.2, 0.25) is 17.7 Å². The lowest BCUT2D eigenvalue weighted by Crippen LogP contribution is -2.58. The number of hydrogen-bond acceptors (Lipinski definition) is 18. The molecule has 0 radical (unpaired) electrons. The van der Waals surface area contributed by atoms with E-state index in [9.17, 15) is 66.0 Å². The molecule has 8 amide bonds. The number of carboxylic acids is 1. The molecule has 7 atom stereocenters. The molecule has 1 saturated heterocycles. The average molecular weight is 1280 g/mol. The number of nitrogens with one attached hydrogen (secondary N) is 3. The summed E-state index contributed by atoms with van der Waals surface area (Å²) in [5, 5.41) is 20.1. The number of piperidine rings is 1. The van der Waals surface area contributed by atoms with E-state index in [1.165, 1.54) is 66.5 Å². The Morgan fingerprint density at radius 3 is 1.94 bits per heavy atom. The maximum Gasteiger partial charge on any atom is 0.446 e. The van der Waals surface area contributed by atoms with E-state index in [-0.39, 0.29) is 98.1 Å². The molecule has 4 heterocycles. The summed E-state index contributed by atoms with van der Waals surface area (Å²) in [5.41, 5.74) is -0.0913. The van der Waals surface area contributed by atoms with Crippen LogP contribution < -0.4 is 20.1 Å². The van der Waals surface area contributed by atoms with Gasteiger partial charge in [-0.1, -0.05) is 53.5 Å². The Balaban J connectivity index is 1.35. The molecule has 1 unspecified atom stereocenters. The Labute approximate surface area is 511 Å². The van der Waals surface area contributed by atoms with Gasteiger partial charge >= 0.3 is 22.3 Å². The van der Waals surface area contributed by atoms with Crippen molar-refractivity contribution in [3.63, 3.8) is 0 Å². The Morgan fingerprint density at radius 2 is 1.43 bits per heavy atom. The number of anilines is 1. The molecule has 0 spiro atoms. The second-order valence-electron chi connectivity index (χ2n) is 22.5. The number of esters is 1. The molecular weight excluding hydrogens is 1190 g/mol. The fourth-order valence-corrected chi connectivity index (χ4v) is 14.3. The Morgan fingerprint density at radius 1 is 0.851 bits per heavy atom. The summed E-state index contributed by atoms with van der Waals surface area (Å²) in [6, 6.07) is 1.04. The van der Waals surface area contributed by atoms with Crippen LogP contribution in [0, 0.1) is 17.8 Å². The van der Waals surface area contributed by atoms with Crippen molar-refractivity contribution in [2.45, 2.75) is 123 Å². The number of nitrogens with zero attached hydrogens (tertiary/aromatic N) is 8. The van der Waals surface area contributed by atoms with E-state index in [4.69, 9.17) is 8.92 Å². The number of aromatic nitrogens is 1. The highest BCUT2D eigenvalue weighted by atomic mass is 32.3. The van der Waals surface area contributed by atoms with Crippen LogP contribution in [0.1, 0.15) is 114 Å². The number of likely N-dealkylation sites (N-methyl/N-ethyl adjacent to an activating group) is 4. The standard InChI is InChI=1S/C56H82N11O17PS2/c1-12-35(4)51(60-53(75)42-15-13-14-23-61(42)7)55(76)65(11)43(34(2)3)32-45(83-37(6)68)54-59-41(33-86-54)52(74)57-39(29-36(5)56(77)78)30-38-16-17-44(84-87(80,81)82)40(31-38)58-46(69)22-24-62(8)85(79,63(9)25-27-66-47(70)18-19-48(66)71)64(10)26-28-67-49(72)20-21-50(67)73/h16-21,31,33-36,39,42-43,45,51H,12-15,22-30,32H2,1-11H3,(H,57,74)(H,58,69)(H,60,75)(H,77,78)(H,80,81,82)/t35-,36?,39+,42-,43+,45+,51+/m0/s1. The predicted octanol–water partition coefficient (Wildman–Crippen LogP) is 3.35. The van der Waals surface area contributed by atoms with Crippen molar-refractivity contribution >= 4 is 94.2 Å². The third-order valence-corrected chi connectivity index (χ3v) is 20.3. The van der Waals surface area contributed by atoms with Crippen LogP contribution in [0.2, 0.25) is 0 Å². The normalized spacial score (nSPS) is 17.9. The molecule has 5 N–H and O–H groups in total. The summed E-state index contributed by atoms with van der Waals surface area (Å²) in [4.78, 5) is 140. The number of likely N-dealkylation sites (tertiary alicyclic amines) is 1. The molecule has 0 bridgehead atoms. The Bertz CT molecular complexity index is 3030. The summed E-state index contributed by atoms with van der Waals surface area (Å²) in [7, 11) is -1.25. The Hall–Kier alpha value is -6.79. The van der Waals surface area contributed by atoms with E-state index in [0.29, 0.717) is 18.4 Å². The van der Waals surface area contributed by atoms with E-state index in [1.54, 1.807) is 11.9 Å². The van der Waals surface area contributed by atoms with Crippen LogP contribution in [0.5, 0.6) is 5.75 Å². The van der Waals surface area contributed by atoms with Crippen LogP contribution in [-0.2, 0) is 69.3 Å². The van der Waals surface area contributed by atoms with Crippen molar-refractivity contribution in [1.29, 1.82) is 0 Å². The summed E-state index contributed by atoms with van der Waals surface area (Å²) >= 11 is 1.02. The van der Waals surface area contributed by atoms with Crippen LogP contribution in [0.3, 0.4) is 0 Å². The first-order chi connectivity index (χ1) is 40.7. The first-order valence-corrected chi connectivity index (χ1v) is 32.4. The largest absolute Gasteiger partial charge is 0.481 e. The smallest absolute Gasteiger partial charge is 0.446 e. The van der Waals surface area contributed by atoms with Crippen molar-refractivity contribution < 1.29 is 79.5 Å². The zero-order valence-corrected chi connectivity index (χ0v) is 53.5. The quantitative estimate of drug-likeness (QED) is 0.0296. The number of aliphatic carboxylic acids is 1. The van der Waals surface area contributed by atoms with Gasteiger partial charge in [0.05, 0.1) is 17.6 Å². The van der Waals surface area contributed by atoms with Gasteiger partial charge in [0.25, 0.3) is 37.1 Å². The van der Waals surface area contributed by atoms with E-state index < -0.39 is 108 Å². The van der Waals surface area contributed by atoms with Gasteiger partial charge in [-0.25, -0.2) is 19.0 Å².